The first-order chi connectivity index (χ1) is 16.0. The zero-order valence-electron chi connectivity index (χ0n) is 19.9. The van der Waals surface area contributed by atoms with Gasteiger partial charge >= 0.3 is 6.09 Å². The molecule has 0 bridgehead atoms. The van der Waals surface area contributed by atoms with Gasteiger partial charge in [0, 0.05) is 17.6 Å². The van der Waals surface area contributed by atoms with Gasteiger partial charge in [0.2, 0.25) is 0 Å². The summed E-state index contributed by atoms with van der Waals surface area (Å²) in [6.07, 6.45) is 0.896. The minimum absolute atomic E-state index is 0.199. The van der Waals surface area contributed by atoms with Gasteiger partial charge in [-0.2, -0.15) is 4.36 Å². The Bertz CT molecular complexity index is 1240. The van der Waals surface area contributed by atoms with Crippen LogP contribution in [-0.4, -0.2) is 34.1 Å². The summed E-state index contributed by atoms with van der Waals surface area (Å²) in [5.74, 6) is -0.672. The summed E-state index contributed by atoms with van der Waals surface area (Å²) in [7, 11) is -3.03. The van der Waals surface area contributed by atoms with Gasteiger partial charge in [-0.05, 0) is 49.6 Å². The average Bonchev–Trinajstić information content (AvgIpc) is 2.78. The molecule has 3 aromatic carbocycles. The third kappa shape index (κ3) is 7.28. The molecule has 3 rings (SSSR count). The quantitative estimate of drug-likeness (QED) is 0.509. The van der Waals surface area contributed by atoms with Crippen molar-refractivity contribution < 1.29 is 18.5 Å². The van der Waals surface area contributed by atoms with Gasteiger partial charge < -0.3 is 10.1 Å². The van der Waals surface area contributed by atoms with Crippen LogP contribution in [0.5, 0.6) is 0 Å². The number of hydrogen-bond donors (Lipinski definition) is 1. The van der Waals surface area contributed by atoms with E-state index >= 15 is 0 Å². The standard InChI is InChI=1S/C27H30N2O4S/c1-27(2,3)33-26(31)28-24(19-20-11-7-5-8-12-20)25(30)29-34(4,32)23-17-15-22(16-18-23)21-13-9-6-10-14-21/h5-18,24H,19H2,1-4H3,(H,28,31)/t24-,34?/m0/s1. The summed E-state index contributed by atoms with van der Waals surface area (Å²) < 4.78 is 22.7. The van der Waals surface area contributed by atoms with Gasteiger partial charge in [-0.15, -0.1) is 0 Å². The highest BCUT2D eigenvalue weighted by molar-refractivity contribution is 7.93. The average molecular weight is 479 g/mol. The van der Waals surface area contributed by atoms with Crippen LogP contribution in [0, 0.1) is 0 Å². The van der Waals surface area contributed by atoms with Crippen molar-refractivity contribution in [2.24, 2.45) is 4.36 Å². The van der Waals surface area contributed by atoms with Gasteiger partial charge in [0.25, 0.3) is 5.91 Å². The molecular formula is C27H30N2O4S. The zero-order chi connectivity index (χ0) is 24.8. The fourth-order valence-electron chi connectivity index (χ4n) is 3.32. The van der Waals surface area contributed by atoms with E-state index in [1.165, 1.54) is 6.26 Å². The minimum Gasteiger partial charge on any atom is -0.444 e. The molecule has 3 aromatic rings. The second kappa shape index (κ2) is 10.7. The van der Waals surface area contributed by atoms with Crippen LogP contribution in [0.15, 0.2) is 94.2 Å². The van der Waals surface area contributed by atoms with Gasteiger partial charge in [0.15, 0.2) is 0 Å². The monoisotopic (exact) mass is 478 g/mol. The van der Waals surface area contributed by atoms with Crippen LogP contribution in [-0.2, 0) is 25.7 Å². The molecule has 0 aliphatic carbocycles. The molecule has 178 valence electrons. The number of alkyl carbamates (subject to hydrolysis) is 1. The van der Waals surface area contributed by atoms with Crippen LogP contribution in [0.4, 0.5) is 4.79 Å². The number of rotatable bonds is 6. The SMILES string of the molecule is CC(C)(C)OC(=O)N[C@@H](Cc1ccccc1)C(=O)N=S(C)(=O)c1ccc(-c2ccccc2)cc1. The largest absolute Gasteiger partial charge is 0.444 e. The number of nitrogens with one attached hydrogen (secondary N) is 1. The van der Waals surface area contributed by atoms with E-state index < -0.39 is 33.4 Å². The van der Waals surface area contributed by atoms with E-state index in [2.05, 4.69) is 9.68 Å². The number of amides is 2. The molecule has 34 heavy (non-hydrogen) atoms. The van der Waals surface area contributed by atoms with Crippen molar-refractivity contribution in [3.63, 3.8) is 0 Å². The summed E-state index contributed by atoms with van der Waals surface area (Å²) in [4.78, 5) is 25.9. The Hall–Kier alpha value is -3.45. The van der Waals surface area contributed by atoms with Gasteiger partial charge in [-0.25, -0.2) is 9.00 Å². The van der Waals surface area contributed by atoms with Crippen LogP contribution in [0.2, 0.25) is 0 Å². The van der Waals surface area contributed by atoms with Gasteiger partial charge in [0.1, 0.15) is 11.6 Å². The molecule has 0 radical (unpaired) electrons. The Kier molecular flexibility index (Phi) is 7.89. The van der Waals surface area contributed by atoms with Crippen LogP contribution >= 0.6 is 0 Å². The number of nitrogens with zero attached hydrogens (tertiary/aromatic N) is 1. The fraction of sp³-hybridized carbons (Fsp3) is 0.259. The maximum absolute atomic E-state index is 13.4. The molecule has 0 aliphatic heterocycles. The Labute approximate surface area is 201 Å². The lowest BCUT2D eigenvalue weighted by Gasteiger charge is -2.22. The number of hydrogen-bond acceptors (Lipinski definition) is 4. The first-order valence-electron chi connectivity index (χ1n) is 11.0. The first-order valence-corrected chi connectivity index (χ1v) is 12.9. The van der Waals surface area contributed by atoms with E-state index in [0.717, 1.165) is 16.7 Å². The maximum Gasteiger partial charge on any atom is 0.408 e. The Balaban J connectivity index is 1.85. The van der Waals surface area contributed by atoms with Crippen LogP contribution in [0.1, 0.15) is 26.3 Å². The molecule has 0 aliphatic rings. The van der Waals surface area contributed by atoms with E-state index in [-0.39, 0.29) is 6.42 Å². The van der Waals surface area contributed by atoms with Crippen molar-refractivity contribution in [1.82, 2.24) is 5.32 Å². The predicted molar refractivity (Wildman–Crippen MR) is 135 cm³/mol. The molecule has 2 atom stereocenters. The second-order valence-corrected chi connectivity index (χ2v) is 11.3. The number of carbonyl (C=O) groups is 2. The predicted octanol–water partition coefficient (Wildman–Crippen LogP) is 5.47. The van der Waals surface area contributed by atoms with E-state index in [1.54, 1.807) is 32.9 Å². The van der Waals surface area contributed by atoms with Crippen molar-refractivity contribution in [1.29, 1.82) is 0 Å². The molecule has 0 fully saturated rings. The van der Waals surface area contributed by atoms with Crippen molar-refractivity contribution in [3.05, 3.63) is 90.5 Å². The third-order valence-electron chi connectivity index (χ3n) is 4.93. The van der Waals surface area contributed by atoms with Gasteiger partial charge in [0.05, 0.1) is 9.73 Å². The summed E-state index contributed by atoms with van der Waals surface area (Å²) in [5.41, 5.74) is 2.12. The summed E-state index contributed by atoms with van der Waals surface area (Å²) in [6.45, 7) is 5.22. The lowest BCUT2D eigenvalue weighted by atomic mass is 10.1. The number of benzene rings is 3. The Morgan fingerprint density at radius 1 is 0.882 bits per heavy atom. The van der Waals surface area contributed by atoms with E-state index in [9.17, 15) is 13.8 Å². The summed E-state index contributed by atoms with van der Waals surface area (Å²) in [6, 6.07) is 25.2. The Morgan fingerprint density at radius 2 is 1.41 bits per heavy atom. The molecule has 0 saturated heterocycles. The zero-order valence-corrected chi connectivity index (χ0v) is 20.7. The number of ether oxygens (including phenoxy) is 1. The molecule has 1 unspecified atom stereocenters. The highest BCUT2D eigenvalue weighted by Gasteiger charge is 2.26. The van der Waals surface area contributed by atoms with Gasteiger partial charge in [-0.1, -0.05) is 72.8 Å². The molecule has 0 heterocycles. The molecule has 0 aromatic heterocycles. The molecular weight excluding hydrogens is 448 g/mol. The molecule has 1 N–H and O–H groups in total. The summed E-state index contributed by atoms with van der Waals surface area (Å²) in [5, 5.41) is 2.60. The smallest absolute Gasteiger partial charge is 0.408 e. The third-order valence-corrected chi connectivity index (χ3v) is 6.61. The summed E-state index contributed by atoms with van der Waals surface area (Å²) >= 11 is 0. The topological polar surface area (TPSA) is 84.8 Å². The minimum atomic E-state index is -3.03. The van der Waals surface area contributed by atoms with Crippen molar-refractivity contribution in [3.8, 4) is 11.1 Å². The van der Waals surface area contributed by atoms with Crippen molar-refractivity contribution >= 4 is 21.7 Å². The van der Waals surface area contributed by atoms with Crippen LogP contribution in [0.25, 0.3) is 11.1 Å². The fourth-order valence-corrected chi connectivity index (χ4v) is 4.54. The first kappa shape index (κ1) is 25.2. The molecule has 6 nitrogen and oxygen atoms in total. The lowest BCUT2D eigenvalue weighted by molar-refractivity contribution is -0.119. The van der Waals surface area contributed by atoms with E-state index in [0.29, 0.717) is 4.90 Å². The highest BCUT2D eigenvalue weighted by Crippen LogP contribution is 2.22. The van der Waals surface area contributed by atoms with Crippen LogP contribution < -0.4 is 5.32 Å². The van der Waals surface area contributed by atoms with E-state index in [4.69, 9.17) is 4.74 Å². The normalized spacial score (nSPS) is 13.9. The number of carbonyl (C=O) groups excluding carboxylic acids is 2. The van der Waals surface area contributed by atoms with E-state index in [1.807, 2.05) is 72.8 Å². The van der Waals surface area contributed by atoms with Gasteiger partial charge in [-0.3, -0.25) is 4.79 Å². The van der Waals surface area contributed by atoms with Crippen LogP contribution in [0.3, 0.4) is 0 Å². The maximum atomic E-state index is 13.4. The molecule has 0 saturated carbocycles. The highest BCUT2D eigenvalue weighted by atomic mass is 32.2. The Morgan fingerprint density at radius 3 is 1.97 bits per heavy atom. The molecule has 7 heteroatoms. The second-order valence-electron chi connectivity index (χ2n) is 9.01. The lowest BCUT2D eigenvalue weighted by Crippen LogP contribution is -2.44. The molecule has 2 amide bonds. The molecule has 0 spiro atoms. The van der Waals surface area contributed by atoms with Crippen molar-refractivity contribution in [2.45, 2.75) is 43.7 Å². The van der Waals surface area contributed by atoms with Crippen molar-refractivity contribution in [2.75, 3.05) is 6.26 Å².